The summed E-state index contributed by atoms with van der Waals surface area (Å²) in [6.45, 7) is 1.75. The van der Waals surface area contributed by atoms with E-state index in [1.807, 2.05) is 30.3 Å². The van der Waals surface area contributed by atoms with Gasteiger partial charge in [-0.25, -0.2) is 13.2 Å². The van der Waals surface area contributed by atoms with Gasteiger partial charge in [-0.3, -0.25) is 5.32 Å². The number of nitrogens with two attached hydrogens (primary N) is 1. The predicted molar refractivity (Wildman–Crippen MR) is 102 cm³/mol. The second-order valence-corrected chi connectivity index (χ2v) is 6.78. The Kier molecular flexibility index (Phi) is 5.73. The van der Waals surface area contributed by atoms with Gasteiger partial charge in [0, 0.05) is 16.8 Å². The van der Waals surface area contributed by atoms with Crippen molar-refractivity contribution in [2.24, 2.45) is 0 Å². The number of hydrogen-bond acceptors (Lipinski definition) is 2. The van der Waals surface area contributed by atoms with Crippen LogP contribution in [0.3, 0.4) is 0 Å². The maximum Gasteiger partial charge on any atom is 0.194 e. The molecular weight excluding hydrogens is 373 g/mol. The summed E-state index contributed by atoms with van der Waals surface area (Å²) >= 11 is 5.98. The van der Waals surface area contributed by atoms with Crippen LogP contribution in [-0.4, -0.2) is 0 Å². The van der Waals surface area contributed by atoms with E-state index in [1.54, 1.807) is 25.1 Å². The fourth-order valence-corrected chi connectivity index (χ4v) is 3.08. The molecule has 3 aromatic rings. The Morgan fingerprint density at radius 2 is 1.48 bits per heavy atom. The van der Waals surface area contributed by atoms with E-state index in [0.717, 1.165) is 23.3 Å². The lowest BCUT2D eigenvalue weighted by Crippen LogP contribution is -2.26. The second-order valence-electron chi connectivity index (χ2n) is 6.34. The number of benzene rings is 3. The van der Waals surface area contributed by atoms with Gasteiger partial charge in [0.05, 0.1) is 6.04 Å². The molecule has 3 rings (SSSR count). The van der Waals surface area contributed by atoms with Crippen LogP contribution in [0.15, 0.2) is 60.7 Å². The van der Waals surface area contributed by atoms with Gasteiger partial charge in [-0.05, 0) is 60.0 Å². The third-order valence-corrected chi connectivity index (χ3v) is 4.62. The van der Waals surface area contributed by atoms with E-state index in [4.69, 9.17) is 17.3 Å². The molecule has 140 valence electrons. The average molecular weight is 391 g/mol. The molecule has 0 aliphatic heterocycles. The van der Waals surface area contributed by atoms with Crippen LogP contribution >= 0.6 is 11.6 Å². The zero-order valence-electron chi connectivity index (χ0n) is 14.5. The fourth-order valence-electron chi connectivity index (χ4n) is 2.95. The highest BCUT2D eigenvalue weighted by atomic mass is 35.5. The largest absolute Gasteiger partial charge is 0.399 e. The van der Waals surface area contributed by atoms with Gasteiger partial charge in [0.25, 0.3) is 0 Å². The van der Waals surface area contributed by atoms with Crippen molar-refractivity contribution in [3.8, 4) is 0 Å². The van der Waals surface area contributed by atoms with Crippen LogP contribution in [0.4, 0.5) is 18.9 Å². The van der Waals surface area contributed by atoms with Crippen molar-refractivity contribution in [2.45, 2.75) is 19.0 Å². The zero-order chi connectivity index (χ0) is 19.6. The van der Waals surface area contributed by atoms with Crippen LogP contribution in [0.2, 0.25) is 5.02 Å². The van der Waals surface area contributed by atoms with E-state index < -0.39 is 23.5 Å². The Bertz CT molecular complexity index is 921. The minimum absolute atomic E-state index is 0.300. The monoisotopic (exact) mass is 390 g/mol. The van der Waals surface area contributed by atoms with Crippen LogP contribution in [0.5, 0.6) is 0 Å². The molecule has 0 radical (unpaired) electrons. The van der Waals surface area contributed by atoms with Gasteiger partial charge >= 0.3 is 0 Å². The summed E-state index contributed by atoms with van der Waals surface area (Å²) in [6.07, 6.45) is 0. The highest BCUT2D eigenvalue weighted by Gasteiger charge is 2.20. The number of nitrogens with one attached hydrogen (secondary N) is 1. The highest BCUT2D eigenvalue weighted by molar-refractivity contribution is 6.30. The molecule has 0 fully saturated rings. The second kappa shape index (κ2) is 8.03. The minimum Gasteiger partial charge on any atom is -0.399 e. The van der Waals surface area contributed by atoms with Crippen molar-refractivity contribution < 1.29 is 13.2 Å². The Balaban J connectivity index is 1.97. The van der Waals surface area contributed by atoms with Gasteiger partial charge in [0.2, 0.25) is 0 Å². The third kappa shape index (κ3) is 4.43. The molecule has 6 heteroatoms. The molecule has 0 spiro atoms. The topological polar surface area (TPSA) is 38.0 Å². The average Bonchev–Trinajstić information content (AvgIpc) is 2.64. The lowest BCUT2D eigenvalue weighted by molar-refractivity contribution is 0.438. The number of hydrogen-bond donors (Lipinski definition) is 2. The van der Waals surface area contributed by atoms with Gasteiger partial charge in [0.15, 0.2) is 17.5 Å². The summed E-state index contributed by atoms with van der Waals surface area (Å²) in [5, 5.41) is 3.93. The molecular formula is C21H18ClF3N2. The van der Waals surface area contributed by atoms with Gasteiger partial charge < -0.3 is 5.73 Å². The molecule has 2 atom stereocenters. The van der Waals surface area contributed by atoms with Crippen molar-refractivity contribution >= 4 is 17.3 Å². The minimum atomic E-state index is -1.48. The van der Waals surface area contributed by atoms with Gasteiger partial charge in [-0.1, -0.05) is 35.9 Å². The lowest BCUT2D eigenvalue weighted by atomic mass is 9.96. The van der Waals surface area contributed by atoms with Gasteiger partial charge in [-0.15, -0.1) is 0 Å². The molecule has 0 aliphatic carbocycles. The quantitative estimate of drug-likeness (QED) is 0.428. The zero-order valence-corrected chi connectivity index (χ0v) is 15.3. The number of anilines is 1. The summed E-state index contributed by atoms with van der Waals surface area (Å²) in [5.74, 6) is -3.91. The molecule has 0 aliphatic rings. The molecule has 0 bridgehead atoms. The van der Waals surface area contributed by atoms with Crippen LogP contribution in [0, 0.1) is 17.5 Å². The maximum absolute atomic E-state index is 13.6. The summed E-state index contributed by atoms with van der Waals surface area (Å²) < 4.78 is 40.5. The van der Waals surface area contributed by atoms with Crippen molar-refractivity contribution in [1.29, 1.82) is 0 Å². The molecule has 27 heavy (non-hydrogen) atoms. The first kappa shape index (κ1) is 19.3. The van der Waals surface area contributed by atoms with E-state index in [0.29, 0.717) is 16.3 Å². The number of halogens is 4. The lowest BCUT2D eigenvalue weighted by Gasteiger charge is -2.25. The first-order chi connectivity index (χ1) is 12.8. The summed E-state index contributed by atoms with van der Waals surface area (Å²) in [4.78, 5) is 0. The first-order valence-corrected chi connectivity index (χ1v) is 8.74. The van der Waals surface area contributed by atoms with E-state index in [9.17, 15) is 13.2 Å². The normalized spacial score (nSPS) is 13.4. The Morgan fingerprint density at radius 1 is 0.852 bits per heavy atom. The van der Waals surface area contributed by atoms with Crippen LogP contribution in [-0.2, 0) is 0 Å². The summed E-state index contributed by atoms with van der Waals surface area (Å²) in [6, 6.07) is 15.8. The first-order valence-electron chi connectivity index (χ1n) is 8.36. The standard InChI is InChI=1S/C21H18ClF3N2/c1-12(15-10-18(23)20(25)19(24)11-15)27-21(13-5-7-16(22)8-6-13)14-3-2-4-17(26)9-14/h2-12,21,27H,26H2,1H3/t12-,21?/m1/s1. The molecule has 1 unspecified atom stereocenters. The molecule has 0 saturated carbocycles. The van der Waals surface area contributed by atoms with Crippen LogP contribution in [0.25, 0.3) is 0 Å². The molecule has 0 aromatic heterocycles. The molecule has 3 N–H and O–H groups in total. The molecule has 3 aromatic carbocycles. The van der Waals surface area contributed by atoms with E-state index in [2.05, 4.69) is 5.32 Å². The van der Waals surface area contributed by atoms with Crippen LogP contribution in [0.1, 0.15) is 35.7 Å². The van der Waals surface area contributed by atoms with Crippen molar-refractivity contribution in [3.63, 3.8) is 0 Å². The molecule has 0 saturated heterocycles. The Morgan fingerprint density at radius 3 is 2.07 bits per heavy atom. The molecule has 0 amide bonds. The fraction of sp³-hybridized carbons (Fsp3) is 0.143. The van der Waals surface area contributed by atoms with E-state index in [-0.39, 0.29) is 6.04 Å². The predicted octanol–water partition coefficient (Wildman–Crippen LogP) is 5.78. The SMILES string of the molecule is C[C@@H](NC(c1ccc(Cl)cc1)c1cccc(N)c1)c1cc(F)c(F)c(F)c1. The van der Waals surface area contributed by atoms with Crippen molar-refractivity contribution in [3.05, 3.63) is 99.8 Å². The van der Waals surface area contributed by atoms with Gasteiger partial charge in [0.1, 0.15) is 0 Å². The summed E-state index contributed by atoms with van der Waals surface area (Å²) in [5.41, 5.74) is 8.59. The van der Waals surface area contributed by atoms with E-state index >= 15 is 0 Å². The molecule has 2 nitrogen and oxygen atoms in total. The third-order valence-electron chi connectivity index (χ3n) is 4.37. The number of nitrogen functional groups attached to an aromatic ring is 1. The number of rotatable bonds is 5. The van der Waals surface area contributed by atoms with Crippen molar-refractivity contribution in [2.75, 3.05) is 5.73 Å². The maximum atomic E-state index is 13.6. The Hall–Kier alpha value is -2.50. The van der Waals surface area contributed by atoms with Crippen LogP contribution < -0.4 is 11.1 Å². The molecule has 0 heterocycles. The van der Waals surface area contributed by atoms with E-state index in [1.165, 1.54) is 0 Å². The Labute approximate surface area is 160 Å². The smallest absolute Gasteiger partial charge is 0.194 e. The van der Waals surface area contributed by atoms with Gasteiger partial charge in [-0.2, -0.15) is 0 Å². The highest BCUT2D eigenvalue weighted by Crippen LogP contribution is 2.29. The summed E-state index contributed by atoms with van der Waals surface area (Å²) in [7, 11) is 0. The van der Waals surface area contributed by atoms with Crippen molar-refractivity contribution in [1.82, 2.24) is 5.32 Å².